The number of anilines is 1. The number of rotatable bonds is 5. The highest BCUT2D eigenvalue weighted by Gasteiger charge is 2.33. The van der Waals surface area contributed by atoms with Crippen molar-refractivity contribution in [2.24, 2.45) is 11.8 Å². The maximum atomic E-state index is 12.8. The third kappa shape index (κ3) is 4.42. The standard InChI is InChI=1S/C20H28N4O2/c1-2-10-22-19(25)16-6-8-17(9-7-16)20(26)24-14-12-23(13-15-24)18-5-3-4-11-21-18/h2-5,11,16-17H,1,6-10,12-15H2,(H,22,25). The van der Waals surface area contributed by atoms with E-state index in [-0.39, 0.29) is 23.7 Å². The molecule has 1 N–H and O–H groups in total. The van der Waals surface area contributed by atoms with Gasteiger partial charge >= 0.3 is 0 Å². The van der Waals surface area contributed by atoms with Crippen LogP contribution in [-0.2, 0) is 9.59 Å². The molecule has 1 aromatic rings. The first kappa shape index (κ1) is 18.4. The molecule has 26 heavy (non-hydrogen) atoms. The van der Waals surface area contributed by atoms with E-state index >= 15 is 0 Å². The molecule has 3 rings (SSSR count). The Labute approximate surface area is 155 Å². The zero-order valence-corrected chi connectivity index (χ0v) is 15.3. The zero-order valence-electron chi connectivity index (χ0n) is 15.3. The van der Waals surface area contributed by atoms with Gasteiger partial charge in [0.1, 0.15) is 5.82 Å². The van der Waals surface area contributed by atoms with Crippen molar-refractivity contribution in [2.45, 2.75) is 25.7 Å². The molecule has 2 heterocycles. The highest BCUT2D eigenvalue weighted by Crippen LogP contribution is 2.30. The van der Waals surface area contributed by atoms with E-state index in [2.05, 4.69) is 21.8 Å². The topological polar surface area (TPSA) is 65.5 Å². The van der Waals surface area contributed by atoms with Crippen LogP contribution in [0, 0.1) is 11.8 Å². The van der Waals surface area contributed by atoms with E-state index in [1.165, 1.54) is 0 Å². The third-order valence-corrected chi connectivity index (χ3v) is 5.43. The van der Waals surface area contributed by atoms with Crippen molar-refractivity contribution in [1.29, 1.82) is 0 Å². The summed E-state index contributed by atoms with van der Waals surface area (Å²) in [4.78, 5) is 33.5. The number of nitrogens with zero attached hydrogens (tertiary/aromatic N) is 3. The Morgan fingerprint density at radius 1 is 1.12 bits per heavy atom. The lowest BCUT2D eigenvalue weighted by Gasteiger charge is -2.38. The van der Waals surface area contributed by atoms with Gasteiger partial charge in [-0.1, -0.05) is 12.1 Å². The number of hydrogen-bond donors (Lipinski definition) is 1. The Kier molecular flexibility index (Phi) is 6.26. The van der Waals surface area contributed by atoms with Crippen LogP contribution in [0.15, 0.2) is 37.1 Å². The molecule has 0 radical (unpaired) electrons. The van der Waals surface area contributed by atoms with Crippen LogP contribution in [-0.4, -0.2) is 54.4 Å². The molecular weight excluding hydrogens is 328 g/mol. The van der Waals surface area contributed by atoms with Crippen LogP contribution in [0.4, 0.5) is 5.82 Å². The van der Waals surface area contributed by atoms with Crippen LogP contribution < -0.4 is 10.2 Å². The van der Waals surface area contributed by atoms with Crippen molar-refractivity contribution in [2.75, 3.05) is 37.6 Å². The van der Waals surface area contributed by atoms with Crippen molar-refractivity contribution in [1.82, 2.24) is 15.2 Å². The molecule has 1 saturated carbocycles. The normalized spacial score (nSPS) is 23.4. The van der Waals surface area contributed by atoms with E-state index in [0.29, 0.717) is 6.54 Å². The van der Waals surface area contributed by atoms with Gasteiger partial charge in [-0.25, -0.2) is 4.98 Å². The lowest BCUT2D eigenvalue weighted by atomic mass is 9.81. The van der Waals surface area contributed by atoms with Gasteiger partial charge in [-0.2, -0.15) is 0 Å². The predicted molar refractivity (Wildman–Crippen MR) is 102 cm³/mol. The lowest BCUT2D eigenvalue weighted by Crippen LogP contribution is -2.51. The highest BCUT2D eigenvalue weighted by molar-refractivity contribution is 5.81. The molecule has 0 bridgehead atoms. The molecule has 1 saturated heterocycles. The number of amides is 2. The Hall–Kier alpha value is -2.37. The van der Waals surface area contributed by atoms with Crippen LogP contribution in [0.25, 0.3) is 0 Å². The maximum Gasteiger partial charge on any atom is 0.225 e. The molecule has 0 aromatic carbocycles. The number of piperazine rings is 1. The average molecular weight is 356 g/mol. The number of carbonyl (C=O) groups excluding carboxylic acids is 2. The van der Waals surface area contributed by atoms with Crippen LogP contribution in [0.1, 0.15) is 25.7 Å². The molecule has 0 unspecified atom stereocenters. The Bertz CT molecular complexity index is 618. The molecule has 140 valence electrons. The average Bonchev–Trinajstić information content (AvgIpc) is 2.72. The summed E-state index contributed by atoms with van der Waals surface area (Å²) < 4.78 is 0. The van der Waals surface area contributed by atoms with Gasteiger partial charge in [0.2, 0.25) is 11.8 Å². The minimum atomic E-state index is 0.0417. The lowest BCUT2D eigenvalue weighted by molar-refractivity contribution is -0.138. The SMILES string of the molecule is C=CCNC(=O)C1CCC(C(=O)N2CCN(c3ccccn3)CC2)CC1. The summed E-state index contributed by atoms with van der Waals surface area (Å²) in [5.41, 5.74) is 0. The van der Waals surface area contributed by atoms with E-state index in [9.17, 15) is 9.59 Å². The smallest absolute Gasteiger partial charge is 0.225 e. The maximum absolute atomic E-state index is 12.8. The quantitative estimate of drug-likeness (QED) is 0.818. The molecule has 0 spiro atoms. The molecule has 2 amide bonds. The fourth-order valence-electron chi connectivity index (χ4n) is 3.87. The summed E-state index contributed by atoms with van der Waals surface area (Å²) in [6, 6.07) is 5.91. The summed E-state index contributed by atoms with van der Waals surface area (Å²) in [5, 5.41) is 2.87. The number of nitrogens with one attached hydrogen (secondary N) is 1. The van der Waals surface area contributed by atoms with Crippen molar-refractivity contribution in [3.8, 4) is 0 Å². The molecule has 2 aliphatic rings. The fourth-order valence-corrected chi connectivity index (χ4v) is 3.87. The first-order chi connectivity index (χ1) is 12.7. The summed E-state index contributed by atoms with van der Waals surface area (Å²) >= 11 is 0. The van der Waals surface area contributed by atoms with E-state index in [1.54, 1.807) is 12.3 Å². The van der Waals surface area contributed by atoms with Crippen LogP contribution in [0.5, 0.6) is 0 Å². The second-order valence-electron chi connectivity index (χ2n) is 7.08. The molecular formula is C20H28N4O2. The fraction of sp³-hybridized carbons (Fsp3) is 0.550. The predicted octanol–water partition coefficient (Wildman–Crippen LogP) is 1.84. The number of carbonyl (C=O) groups is 2. The molecule has 1 aromatic heterocycles. The Balaban J connectivity index is 1.45. The molecule has 2 fully saturated rings. The van der Waals surface area contributed by atoms with Crippen molar-refractivity contribution < 1.29 is 9.59 Å². The van der Waals surface area contributed by atoms with E-state index in [1.807, 2.05) is 23.1 Å². The van der Waals surface area contributed by atoms with Gasteiger partial charge in [0.25, 0.3) is 0 Å². The van der Waals surface area contributed by atoms with Crippen molar-refractivity contribution >= 4 is 17.6 Å². The second-order valence-corrected chi connectivity index (χ2v) is 7.08. The van der Waals surface area contributed by atoms with Gasteiger partial charge in [-0.3, -0.25) is 9.59 Å². The Morgan fingerprint density at radius 3 is 2.42 bits per heavy atom. The van der Waals surface area contributed by atoms with Crippen molar-refractivity contribution in [3.63, 3.8) is 0 Å². The number of pyridine rings is 1. The van der Waals surface area contributed by atoms with Gasteiger partial charge in [0, 0.05) is 50.8 Å². The summed E-state index contributed by atoms with van der Waals surface area (Å²) in [5.74, 6) is 1.45. The van der Waals surface area contributed by atoms with Gasteiger partial charge in [0.05, 0.1) is 0 Å². The second kappa shape index (κ2) is 8.83. The third-order valence-electron chi connectivity index (χ3n) is 5.43. The highest BCUT2D eigenvalue weighted by atomic mass is 16.2. The van der Waals surface area contributed by atoms with Crippen LogP contribution in [0.3, 0.4) is 0 Å². The molecule has 6 heteroatoms. The van der Waals surface area contributed by atoms with Crippen molar-refractivity contribution in [3.05, 3.63) is 37.1 Å². The largest absolute Gasteiger partial charge is 0.353 e. The summed E-state index contributed by atoms with van der Waals surface area (Å²) in [6.45, 7) is 7.26. The molecule has 1 aliphatic heterocycles. The van der Waals surface area contributed by atoms with E-state index < -0.39 is 0 Å². The van der Waals surface area contributed by atoms with Gasteiger partial charge in [-0.05, 0) is 37.8 Å². The first-order valence-electron chi connectivity index (χ1n) is 9.52. The van der Waals surface area contributed by atoms with Crippen LogP contribution >= 0.6 is 0 Å². The first-order valence-corrected chi connectivity index (χ1v) is 9.52. The number of hydrogen-bond acceptors (Lipinski definition) is 4. The van der Waals surface area contributed by atoms with Gasteiger partial charge < -0.3 is 15.1 Å². The monoisotopic (exact) mass is 356 g/mol. The summed E-state index contributed by atoms with van der Waals surface area (Å²) in [6.07, 6.45) is 6.71. The zero-order chi connectivity index (χ0) is 18.4. The van der Waals surface area contributed by atoms with E-state index in [4.69, 9.17) is 0 Å². The number of aromatic nitrogens is 1. The van der Waals surface area contributed by atoms with Gasteiger partial charge in [0.15, 0.2) is 0 Å². The Morgan fingerprint density at radius 2 is 1.81 bits per heavy atom. The minimum Gasteiger partial charge on any atom is -0.353 e. The summed E-state index contributed by atoms with van der Waals surface area (Å²) in [7, 11) is 0. The van der Waals surface area contributed by atoms with Crippen LogP contribution in [0.2, 0.25) is 0 Å². The molecule has 0 atom stereocenters. The van der Waals surface area contributed by atoms with E-state index in [0.717, 1.165) is 57.7 Å². The van der Waals surface area contributed by atoms with Gasteiger partial charge in [-0.15, -0.1) is 6.58 Å². The minimum absolute atomic E-state index is 0.0417. The molecule has 6 nitrogen and oxygen atoms in total. The molecule has 1 aliphatic carbocycles.